The molecule has 3 rings (SSSR count). The van der Waals surface area contributed by atoms with Crippen LogP contribution in [0.2, 0.25) is 0 Å². The number of carbonyl (C=O) groups is 3. The summed E-state index contributed by atoms with van der Waals surface area (Å²) in [5, 5.41) is 0. The van der Waals surface area contributed by atoms with Crippen molar-refractivity contribution in [2.75, 3.05) is 75.1 Å². The van der Waals surface area contributed by atoms with Gasteiger partial charge in [-0.1, -0.05) is 13.8 Å². The second-order valence-corrected chi connectivity index (χ2v) is 15.7. The molecule has 0 aliphatic carbocycles. The summed E-state index contributed by atoms with van der Waals surface area (Å²) in [6.45, 7) is 14.0. The van der Waals surface area contributed by atoms with Crippen molar-refractivity contribution >= 4 is 17.7 Å². The van der Waals surface area contributed by atoms with Crippen LogP contribution in [-0.2, 0) is 33.3 Å². The summed E-state index contributed by atoms with van der Waals surface area (Å²) in [6, 6.07) is 0.180. The first-order valence-corrected chi connectivity index (χ1v) is 17.3. The lowest BCUT2D eigenvalue weighted by atomic mass is 9.74. The normalized spacial score (nSPS) is 37.4. The summed E-state index contributed by atoms with van der Waals surface area (Å²) in [7, 11) is 11.7. The van der Waals surface area contributed by atoms with Gasteiger partial charge in [0.2, 0.25) is 5.91 Å². The van der Waals surface area contributed by atoms with Crippen molar-refractivity contribution in [2.45, 2.75) is 110 Å². The van der Waals surface area contributed by atoms with Gasteiger partial charge in [0.25, 0.3) is 0 Å². The zero-order chi connectivity index (χ0) is 34.6. The minimum absolute atomic E-state index is 0.00512. The minimum Gasteiger partial charge on any atom is -0.463 e. The highest BCUT2D eigenvalue weighted by molar-refractivity contribution is 6.04. The molecule has 0 aromatic rings. The van der Waals surface area contributed by atoms with Gasteiger partial charge in [-0.15, -0.1) is 0 Å². The number of piperidine rings is 1. The van der Waals surface area contributed by atoms with Gasteiger partial charge in [0, 0.05) is 51.2 Å². The molecule has 9 atom stereocenters. The van der Waals surface area contributed by atoms with Crippen molar-refractivity contribution in [2.24, 2.45) is 23.2 Å². The molecule has 266 valence electrons. The number of ether oxygens (including phenoxy) is 4. The Kier molecular flexibility index (Phi) is 13.7. The van der Waals surface area contributed by atoms with Crippen molar-refractivity contribution in [1.29, 1.82) is 0 Å². The zero-order valence-corrected chi connectivity index (χ0v) is 30.8. The first-order valence-electron chi connectivity index (χ1n) is 17.3. The Balaban J connectivity index is 1.94. The molecule has 0 N–H and O–H groups in total. The van der Waals surface area contributed by atoms with Crippen LogP contribution in [-0.4, -0.2) is 149 Å². The third-order valence-corrected chi connectivity index (χ3v) is 10.7. The van der Waals surface area contributed by atoms with Crippen LogP contribution in [0.4, 0.5) is 0 Å². The minimum atomic E-state index is -1.40. The fraction of sp³-hybridized carbons (Fsp3) is 0.914. The van der Waals surface area contributed by atoms with Gasteiger partial charge >= 0.3 is 5.97 Å². The van der Waals surface area contributed by atoms with E-state index in [4.69, 9.17) is 18.9 Å². The molecule has 0 radical (unpaired) electrons. The Morgan fingerprint density at radius 1 is 1.04 bits per heavy atom. The Bertz CT molecular complexity index is 1040. The van der Waals surface area contributed by atoms with E-state index in [9.17, 15) is 14.4 Å². The molecule has 11 heteroatoms. The Hall–Kier alpha value is -1.63. The summed E-state index contributed by atoms with van der Waals surface area (Å²) in [5.41, 5.74) is -2.23. The Morgan fingerprint density at radius 2 is 1.72 bits per heavy atom. The Morgan fingerprint density at radius 3 is 2.33 bits per heavy atom. The van der Waals surface area contributed by atoms with E-state index in [1.807, 2.05) is 37.7 Å². The molecule has 0 aromatic heterocycles. The average molecular weight is 653 g/mol. The molecule has 1 amide bonds. The molecule has 3 heterocycles. The number of amides is 1. The summed E-state index contributed by atoms with van der Waals surface area (Å²) >= 11 is 0. The van der Waals surface area contributed by atoms with E-state index in [-0.39, 0.29) is 48.3 Å². The van der Waals surface area contributed by atoms with Crippen LogP contribution in [0.5, 0.6) is 0 Å². The zero-order valence-electron chi connectivity index (χ0n) is 30.8. The quantitative estimate of drug-likeness (QED) is 0.301. The number of ketones is 1. The maximum Gasteiger partial charge on any atom is 0.319 e. The van der Waals surface area contributed by atoms with Crippen LogP contribution >= 0.6 is 0 Å². The first-order chi connectivity index (χ1) is 21.4. The van der Waals surface area contributed by atoms with Crippen molar-refractivity contribution in [3.8, 4) is 0 Å². The van der Waals surface area contributed by atoms with E-state index >= 15 is 0 Å². The highest BCUT2D eigenvalue weighted by Crippen LogP contribution is 2.38. The van der Waals surface area contributed by atoms with Crippen molar-refractivity contribution in [3.05, 3.63) is 0 Å². The summed E-state index contributed by atoms with van der Waals surface area (Å²) in [6.07, 6.45) is 2.88. The molecule has 0 bridgehead atoms. The number of cyclic esters (lactones) is 1. The maximum absolute atomic E-state index is 14.3. The van der Waals surface area contributed by atoms with E-state index in [1.54, 1.807) is 21.0 Å². The lowest BCUT2D eigenvalue weighted by Crippen LogP contribution is -2.55. The second kappa shape index (κ2) is 16.2. The summed E-state index contributed by atoms with van der Waals surface area (Å²) in [4.78, 5) is 49.3. The number of likely N-dealkylation sites (N-methyl/N-ethyl adjacent to an activating group) is 2. The topological polar surface area (TPSA) is 101 Å². The smallest absolute Gasteiger partial charge is 0.319 e. The molecule has 3 aliphatic rings. The number of hydrogen-bond acceptors (Lipinski definition) is 10. The molecular weight excluding hydrogens is 588 g/mol. The van der Waals surface area contributed by atoms with Crippen LogP contribution in [0.15, 0.2) is 0 Å². The highest BCUT2D eigenvalue weighted by atomic mass is 16.7. The number of Topliss-reactive ketones (excluding diaryl/α,β-unsaturated/α-hetero) is 1. The predicted octanol–water partition coefficient (Wildman–Crippen LogP) is 3.15. The number of likely N-dealkylation sites (tertiary alicyclic amines) is 1. The van der Waals surface area contributed by atoms with Crippen molar-refractivity contribution < 1.29 is 33.3 Å². The van der Waals surface area contributed by atoms with E-state index in [2.05, 4.69) is 44.8 Å². The van der Waals surface area contributed by atoms with E-state index in [0.29, 0.717) is 25.9 Å². The largest absolute Gasteiger partial charge is 0.463 e. The van der Waals surface area contributed by atoms with E-state index in [0.717, 1.165) is 32.4 Å². The van der Waals surface area contributed by atoms with Gasteiger partial charge in [0.1, 0.15) is 12.0 Å². The third kappa shape index (κ3) is 9.50. The van der Waals surface area contributed by atoms with Crippen LogP contribution in [0, 0.1) is 23.2 Å². The van der Waals surface area contributed by atoms with E-state index < -0.39 is 35.3 Å². The maximum atomic E-state index is 14.3. The number of nitrogens with zero attached hydrogens (tertiary/aromatic N) is 4. The van der Waals surface area contributed by atoms with Crippen LogP contribution in [0.3, 0.4) is 0 Å². The summed E-state index contributed by atoms with van der Waals surface area (Å²) in [5.74, 6) is -1.04. The predicted molar refractivity (Wildman–Crippen MR) is 178 cm³/mol. The molecule has 11 nitrogen and oxygen atoms in total. The van der Waals surface area contributed by atoms with Gasteiger partial charge in [-0.3, -0.25) is 19.3 Å². The van der Waals surface area contributed by atoms with Gasteiger partial charge in [-0.25, -0.2) is 0 Å². The molecule has 1 unspecified atom stereocenters. The number of rotatable bonds is 7. The number of methoxy groups -OCH3 is 1. The fourth-order valence-corrected chi connectivity index (χ4v) is 7.93. The molecule has 46 heavy (non-hydrogen) atoms. The number of hydrogen-bond donors (Lipinski definition) is 0. The van der Waals surface area contributed by atoms with Gasteiger partial charge in [-0.05, 0) is 100 Å². The van der Waals surface area contributed by atoms with Crippen molar-refractivity contribution in [3.63, 3.8) is 0 Å². The molecule has 3 aliphatic heterocycles. The van der Waals surface area contributed by atoms with Crippen molar-refractivity contribution in [1.82, 2.24) is 19.6 Å². The third-order valence-electron chi connectivity index (χ3n) is 10.7. The standard InChI is InChI=1S/C35H64N4O7/c1-23-18-35(6,43-12)32(46-30-17-27(37(9)10)16-24(2)45-30)25(3)31(41)34(4,5)33(42)44-22-28(38(11)19-23)26-14-13-15-39(20-26)29(40)21-36(7)8/h23-28,30,32H,13-22H2,1-12H3/t23-,24-,25+,26-,27+,28?,30+,32-,35-/m1/s1. The lowest BCUT2D eigenvalue weighted by molar-refractivity contribution is -0.263. The summed E-state index contributed by atoms with van der Waals surface area (Å²) < 4.78 is 25.4. The monoisotopic (exact) mass is 652 g/mol. The van der Waals surface area contributed by atoms with Gasteiger partial charge in [-0.2, -0.15) is 0 Å². The van der Waals surface area contributed by atoms with Crippen LogP contribution in [0.25, 0.3) is 0 Å². The molecular formula is C35H64N4O7. The molecule has 3 saturated heterocycles. The van der Waals surface area contributed by atoms with Gasteiger partial charge < -0.3 is 33.6 Å². The molecule has 0 saturated carbocycles. The highest BCUT2D eigenvalue weighted by Gasteiger charge is 2.50. The Labute approximate surface area is 278 Å². The van der Waals surface area contributed by atoms with Gasteiger partial charge in [0.05, 0.1) is 24.4 Å². The van der Waals surface area contributed by atoms with E-state index in [1.165, 1.54) is 0 Å². The lowest BCUT2D eigenvalue weighted by Gasteiger charge is -2.45. The SMILES string of the molecule is CO[C@]1(C)C[C@@H](C)CN(C)C([C@@H]2CCCN(C(=O)CN(C)C)C2)COC(=O)C(C)(C)C(=O)[C@H](C)[C@H]1O[C@H]1C[C@@H](N(C)C)C[C@@H](C)O1. The first kappa shape index (κ1) is 38.8. The average Bonchev–Trinajstić information content (AvgIpc) is 2.98. The van der Waals surface area contributed by atoms with Crippen LogP contribution in [0.1, 0.15) is 73.6 Å². The molecule has 0 spiro atoms. The van der Waals surface area contributed by atoms with Gasteiger partial charge in [0.15, 0.2) is 12.1 Å². The fourth-order valence-electron chi connectivity index (χ4n) is 7.93. The van der Waals surface area contributed by atoms with Crippen LogP contribution < -0.4 is 0 Å². The number of esters is 1. The molecule has 0 aromatic carbocycles. The number of carbonyl (C=O) groups excluding carboxylic acids is 3. The molecule has 3 fully saturated rings. The second-order valence-electron chi connectivity index (χ2n) is 15.7.